The molecule has 0 radical (unpaired) electrons. The summed E-state index contributed by atoms with van der Waals surface area (Å²) in [5.41, 5.74) is -1.07. The van der Waals surface area contributed by atoms with Crippen molar-refractivity contribution in [2.45, 2.75) is 41.7 Å². The molecule has 1 aliphatic heterocycles. The molecule has 0 bridgehead atoms. The van der Waals surface area contributed by atoms with E-state index in [4.69, 9.17) is 0 Å². The van der Waals surface area contributed by atoms with E-state index in [2.05, 4.69) is 30.5 Å². The van der Waals surface area contributed by atoms with E-state index in [1.807, 2.05) is 17.9 Å². The molecule has 0 aromatic carbocycles. The average molecular weight is 505 g/mol. The molecular formula is C22H20F4N8S. The van der Waals surface area contributed by atoms with Gasteiger partial charge in [0.1, 0.15) is 23.0 Å². The average Bonchev–Trinajstić information content (AvgIpc) is 3.41. The number of halogens is 4. The summed E-state index contributed by atoms with van der Waals surface area (Å²) in [6.45, 7) is 2.43. The highest BCUT2D eigenvalue weighted by Gasteiger charge is 2.54. The van der Waals surface area contributed by atoms with Gasteiger partial charge in [0, 0.05) is 35.1 Å². The number of hydrogen-bond acceptors (Lipinski definition) is 7. The van der Waals surface area contributed by atoms with E-state index < -0.39 is 17.5 Å². The summed E-state index contributed by atoms with van der Waals surface area (Å²) in [6.07, 6.45) is -0.181. The topological polar surface area (TPSA) is 87.0 Å². The summed E-state index contributed by atoms with van der Waals surface area (Å²) in [7, 11) is 0. The van der Waals surface area contributed by atoms with E-state index in [0.29, 0.717) is 27.5 Å². The molecular weight excluding hydrogens is 484 g/mol. The zero-order valence-electron chi connectivity index (χ0n) is 18.5. The van der Waals surface area contributed by atoms with Gasteiger partial charge < -0.3 is 14.6 Å². The fraction of sp³-hybridized carbons (Fsp3) is 0.364. The van der Waals surface area contributed by atoms with Gasteiger partial charge in [0.15, 0.2) is 16.7 Å². The van der Waals surface area contributed by atoms with Crippen LogP contribution >= 0.6 is 11.8 Å². The van der Waals surface area contributed by atoms with E-state index in [1.54, 1.807) is 18.3 Å². The minimum atomic E-state index is -4.52. The number of rotatable bonds is 6. The van der Waals surface area contributed by atoms with Crippen LogP contribution in [-0.4, -0.2) is 48.3 Å². The van der Waals surface area contributed by atoms with Gasteiger partial charge in [0.05, 0.1) is 13.1 Å². The Morgan fingerprint density at radius 3 is 2.57 bits per heavy atom. The molecule has 8 nitrogen and oxygen atoms in total. The van der Waals surface area contributed by atoms with Gasteiger partial charge >= 0.3 is 6.18 Å². The zero-order valence-corrected chi connectivity index (χ0v) is 19.3. The number of nitrogens with zero attached hydrogens (tertiary/aromatic N) is 6. The number of fused-ring (bicyclic) bond motifs is 1. The molecule has 4 aromatic heterocycles. The second-order valence-electron chi connectivity index (χ2n) is 8.98. The van der Waals surface area contributed by atoms with Crippen LogP contribution in [0.1, 0.15) is 24.2 Å². The maximum Gasteiger partial charge on any atom is 0.434 e. The molecule has 13 heteroatoms. The second-order valence-corrected chi connectivity index (χ2v) is 10.0. The number of hydrogen-bond donors (Lipinski definition) is 2. The van der Waals surface area contributed by atoms with Crippen molar-refractivity contribution in [2.24, 2.45) is 5.92 Å². The van der Waals surface area contributed by atoms with Crippen molar-refractivity contribution < 1.29 is 17.6 Å². The maximum absolute atomic E-state index is 15.0. The molecule has 1 aliphatic carbocycles. The van der Waals surface area contributed by atoms with Gasteiger partial charge in [0.2, 0.25) is 0 Å². The molecule has 2 N–H and O–H groups in total. The van der Waals surface area contributed by atoms with Crippen molar-refractivity contribution in [3.63, 3.8) is 0 Å². The van der Waals surface area contributed by atoms with Gasteiger partial charge in [-0.15, -0.1) is 0 Å². The Morgan fingerprint density at radius 2 is 1.89 bits per heavy atom. The van der Waals surface area contributed by atoms with Crippen molar-refractivity contribution in [3.8, 4) is 0 Å². The fourth-order valence-electron chi connectivity index (χ4n) is 4.18. The lowest BCUT2D eigenvalue weighted by Gasteiger charge is -2.45. The van der Waals surface area contributed by atoms with Gasteiger partial charge in [-0.3, -0.25) is 5.10 Å². The zero-order chi connectivity index (χ0) is 24.4. The Morgan fingerprint density at radius 1 is 1.09 bits per heavy atom. The Balaban J connectivity index is 1.29. The van der Waals surface area contributed by atoms with Crippen LogP contribution < -0.4 is 10.2 Å². The number of pyridine rings is 1. The molecule has 35 heavy (non-hydrogen) atoms. The molecule has 4 aromatic rings. The SMILES string of the molecule is Cc1cc(Nc2cc(N3CC(F)(C4CC4)C3)nc(Sc3ccc4nc(C(F)(F)F)cn4c3)n2)n[nH]1. The second kappa shape index (κ2) is 7.83. The first-order valence-corrected chi connectivity index (χ1v) is 11.8. The van der Waals surface area contributed by atoms with Crippen LogP contribution in [0.3, 0.4) is 0 Å². The van der Waals surface area contributed by atoms with E-state index in [-0.39, 0.29) is 24.7 Å². The quantitative estimate of drug-likeness (QED) is 0.282. The van der Waals surface area contributed by atoms with Crippen LogP contribution in [0, 0.1) is 12.8 Å². The first kappa shape index (κ1) is 22.1. The van der Waals surface area contributed by atoms with Crippen LogP contribution in [-0.2, 0) is 6.18 Å². The third-order valence-electron chi connectivity index (χ3n) is 6.12. The van der Waals surface area contributed by atoms with Gasteiger partial charge in [0.25, 0.3) is 0 Å². The number of aryl methyl sites for hydroxylation is 1. The van der Waals surface area contributed by atoms with Gasteiger partial charge in [-0.2, -0.15) is 18.3 Å². The smallest absolute Gasteiger partial charge is 0.350 e. The van der Waals surface area contributed by atoms with Gasteiger partial charge in [-0.1, -0.05) is 0 Å². The monoisotopic (exact) mass is 504 g/mol. The summed E-state index contributed by atoms with van der Waals surface area (Å²) >= 11 is 1.19. The van der Waals surface area contributed by atoms with E-state index in [1.165, 1.54) is 22.2 Å². The molecule has 6 rings (SSSR count). The molecule has 1 saturated carbocycles. The maximum atomic E-state index is 15.0. The van der Waals surface area contributed by atoms with Crippen LogP contribution in [0.4, 0.5) is 35.0 Å². The predicted octanol–water partition coefficient (Wildman–Crippen LogP) is 5.01. The third kappa shape index (κ3) is 4.40. The number of aromatic nitrogens is 6. The minimum Gasteiger partial charge on any atom is -0.350 e. The van der Waals surface area contributed by atoms with Crippen LogP contribution in [0.5, 0.6) is 0 Å². The number of imidazole rings is 1. The Hall–Kier alpha value is -3.35. The fourth-order valence-corrected chi connectivity index (χ4v) is 4.98. The molecule has 0 spiro atoms. The lowest BCUT2D eigenvalue weighted by Crippen LogP contribution is -2.60. The molecule has 0 amide bonds. The number of anilines is 3. The van der Waals surface area contributed by atoms with Crippen LogP contribution in [0.25, 0.3) is 5.65 Å². The lowest BCUT2D eigenvalue weighted by molar-refractivity contribution is -0.140. The van der Waals surface area contributed by atoms with Crippen LogP contribution in [0.2, 0.25) is 0 Å². The molecule has 0 unspecified atom stereocenters. The molecule has 5 heterocycles. The van der Waals surface area contributed by atoms with E-state index in [0.717, 1.165) is 24.7 Å². The third-order valence-corrected chi connectivity index (χ3v) is 6.96. The predicted molar refractivity (Wildman–Crippen MR) is 122 cm³/mol. The van der Waals surface area contributed by atoms with E-state index >= 15 is 0 Å². The standard InChI is InChI=1S/C22H20F4N8S/c1-12-6-17(32-31-12)28-16-7-19(34-10-21(23,11-34)13-2-3-13)30-20(29-16)35-14-4-5-18-27-15(22(24,25)26)9-33(18)8-14/h4-9,13H,2-3,10-11H2,1H3,(H2,28,29,30,31,32). The largest absolute Gasteiger partial charge is 0.434 e. The van der Waals surface area contributed by atoms with E-state index in [9.17, 15) is 17.6 Å². The lowest BCUT2D eigenvalue weighted by atomic mass is 9.91. The van der Waals surface area contributed by atoms with Crippen molar-refractivity contribution >= 4 is 34.9 Å². The Kier molecular flexibility index (Phi) is 4.95. The number of alkyl halides is 4. The minimum absolute atomic E-state index is 0.127. The first-order chi connectivity index (χ1) is 16.6. The molecule has 0 atom stereocenters. The number of H-pyrrole nitrogens is 1. The van der Waals surface area contributed by atoms with Crippen molar-refractivity contribution in [2.75, 3.05) is 23.3 Å². The van der Waals surface area contributed by atoms with Crippen molar-refractivity contribution in [3.05, 3.63) is 48.0 Å². The van der Waals surface area contributed by atoms with Crippen molar-refractivity contribution in [1.82, 2.24) is 29.5 Å². The van der Waals surface area contributed by atoms with Crippen molar-refractivity contribution in [1.29, 1.82) is 0 Å². The van der Waals surface area contributed by atoms with Gasteiger partial charge in [-0.05, 0) is 49.6 Å². The normalized spacial score (nSPS) is 17.6. The highest BCUT2D eigenvalue weighted by Crippen LogP contribution is 2.48. The first-order valence-electron chi connectivity index (χ1n) is 11.0. The molecule has 2 fully saturated rings. The summed E-state index contributed by atoms with van der Waals surface area (Å²) < 4.78 is 55.3. The highest BCUT2D eigenvalue weighted by molar-refractivity contribution is 7.99. The number of aromatic amines is 1. The molecule has 182 valence electrons. The Labute approximate surface area is 201 Å². The van der Waals surface area contributed by atoms with Gasteiger partial charge in [-0.25, -0.2) is 19.3 Å². The highest BCUT2D eigenvalue weighted by atomic mass is 32.2. The number of nitrogens with one attached hydrogen (secondary N) is 2. The summed E-state index contributed by atoms with van der Waals surface area (Å²) in [5.74, 6) is 1.76. The Bertz CT molecular complexity index is 1400. The summed E-state index contributed by atoms with van der Waals surface area (Å²) in [6, 6.07) is 6.74. The molecule has 2 aliphatic rings. The molecule has 1 saturated heterocycles. The summed E-state index contributed by atoms with van der Waals surface area (Å²) in [5, 5.41) is 10.5. The van der Waals surface area contributed by atoms with Crippen LogP contribution in [0.15, 0.2) is 46.7 Å². The summed E-state index contributed by atoms with van der Waals surface area (Å²) in [4.78, 5) is 15.3.